The third kappa shape index (κ3) is 4.14. The lowest BCUT2D eigenvalue weighted by Gasteiger charge is -2.13. The smallest absolute Gasteiger partial charge is 0.310 e. The topological polar surface area (TPSA) is 98.5 Å². The lowest BCUT2D eigenvalue weighted by atomic mass is 10.1. The molecule has 0 atom stereocenters. The van der Waals surface area contributed by atoms with Gasteiger partial charge in [-0.3, -0.25) is 9.59 Å². The van der Waals surface area contributed by atoms with Gasteiger partial charge in [0, 0.05) is 23.0 Å². The zero-order chi connectivity index (χ0) is 18.7. The van der Waals surface area contributed by atoms with E-state index in [4.69, 9.17) is 4.74 Å². The van der Waals surface area contributed by atoms with Gasteiger partial charge in [-0.2, -0.15) is 4.98 Å². The predicted octanol–water partition coefficient (Wildman–Crippen LogP) is 1.61. The minimum atomic E-state index is -0.455. The fourth-order valence-electron chi connectivity index (χ4n) is 3.21. The Kier molecular flexibility index (Phi) is 5.75. The van der Waals surface area contributed by atoms with Gasteiger partial charge >= 0.3 is 5.97 Å². The average Bonchev–Trinajstić information content (AvgIpc) is 3.26. The quantitative estimate of drug-likeness (QED) is 0.603. The van der Waals surface area contributed by atoms with Gasteiger partial charge < -0.3 is 10.1 Å². The number of ether oxygens (including phenoxy) is 1. The summed E-state index contributed by atoms with van der Waals surface area (Å²) in [6, 6.07) is 0.218. The van der Waals surface area contributed by atoms with Crippen LogP contribution in [0.4, 0.5) is 0 Å². The Morgan fingerprint density at radius 2 is 2.00 bits per heavy atom. The van der Waals surface area contributed by atoms with Crippen molar-refractivity contribution in [3.05, 3.63) is 17.0 Å². The van der Waals surface area contributed by atoms with E-state index in [1.54, 1.807) is 4.52 Å². The van der Waals surface area contributed by atoms with Crippen molar-refractivity contribution < 1.29 is 14.3 Å². The molecule has 0 spiro atoms. The van der Waals surface area contributed by atoms with E-state index in [-0.39, 0.29) is 25.0 Å². The maximum atomic E-state index is 12.2. The highest BCUT2D eigenvalue weighted by molar-refractivity contribution is 7.98. The maximum absolute atomic E-state index is 12.2. The van der Waals surface area contributed by atoms with Crippen LogP contribution >= 0.6 is 11.8 Å². The van der Waals surface area contributed by atoms with E-state index in [0.717, 1.165) is 36.9 Å². The van der Waals surface area contributed by atoms with E-state index in [2.05, 4.69) is 20.4 Å². The number of thioether (sulfide) groups is 1. The van der Waals surface area contributed by atoms with E-state index in [1.807, 2.05) is 20.1 Å². The maximum Gasteiger partial charge on any atom is 0.310 e. The number of aryl methyl sites for hydroxylation is 2. The molecule has 2 heterocycles. The molecule has 1 aliphatic carbocycles. The van der Waals surface area contributed by atoms with Crippen molar-refractivity contribution in [3.8, 4) is 0 Å². The molecule has 3 rings (SSSR count). The number of carbonyl (C=O) groups excluding carboxylic acids is 2. The molecule has 1 saturated carbocycles. The summed E-state index contributed by atoms with van der Waals surface area (Å²) in [5.74, 6) is -0.185. The highest BCUT2D eigenvalue weighted by Gasteiger charge is 2.19. The molecule has 0 saturated heterocycles. The number of hydrogen-bond acceptors (Lipinski definition) is 7. The zero-order valence-electron chi connectivity index (χ0n) is 15.2. The summed E-state index contributed by atoms with van der Waals surface area (Å²) in [4.78, 5) is 32.8. The van der Waals surface area contributed by atoms with Crippen LogP contribution in [0.2, 0.25) is 0 Å². The van der Waals surface area contributed by atoms with Gasteiger partial charge in [0.05, 0.1) is 6.42 Å². The minimum absolute atomic E-state index is 0.0474. The van der Waals surface area contributed by atoms with Crippen LogP contribution in [0.25, 0.3) is 5.78 Å². The molecule has 2 aromatic rings. The summed E-state index contributed by atoms with van der Waals surface area (Å²) in [5.41, 5.74) is 2.26. The van der Waals surface area contributed by atoms with Crippen molar-refractivity contribution in [2.24, 2.45) is 0 Å². The molecule has 2 aromatic heterocycles. The third-order valence-electron chi connectivity index (χ3n) is 4.62. The Hall–Kier alpha value is -2.16. The summed E-state index contributed by atoms with van der Waals surface area (Å²) in [5, 5.41) is 7.89. The molecule has 0 bridgehead atoms. The van der Waals surface area contributed by atoms with Crippen LogP contribution in [0.1, 0.15) is 42.6 Å². The van der Waals surface area contributed by atoms with Gasteiger partial charge in [-0.25, -0.2) is 9.50 Å². The molecule has 26 heavy (non-hydrogen) atoms. The van der Waals surface area contributed by atoms with E-state index in [9.17, 15) is 9.59 Å². The Morgan fingerprint density at radius 3 is 2.69 bits per heavy atom. The number of esters is 1. The molecule has 1 N–H and O–H groups in total. The lowest BCUT2D eigenvalue weighted by molar-refractivity contribution is -0.148. The van der Waals surface area contributed by atoms with Crippen molar-refractivity contribution in [1.29, 1.82) is 0 Å². The standard InChI is InChI=1S/C17H23N5O3S/c1-10-13(11(2)22-16(18-10)20-17(21-22)26-3)8-15(24)25-9-14(23)19-12-6-4-5-7-12/h12H,4-9H2,1-3H3,(H,19,23). The highest BCUT2D eigenvalue weighted by Crippen LogP contribution is 2.18. The largest absolute Gasteiger partial charge is 0.455 e. The van der Waals surface area contributed by atoms with Crippen LogP contribution in [0.15, 0.2) is 5.16 Å². The van der Waals surface area contributed by atoms with Gasteiger partial charge in [-0.15, -0.1) is 5.10 Å². The number of rotatable bonds is 6. The highest BCUT2D eigenvalue weighted by atomic mass is 32.2. The van der Waals surface area contributed by atoms with Gasteiger partial charge in [0.15, 0.2) is 6.61 Å². The van der Waals surface area contributed by atoms with Gasteiger partial charge in [-0.1, -0.05) is 24.6 Å². The molecule has 9 heteroatoms. The normalized spacial score (nSPS) is 14.7. The fraction of sp³-hybridized carbons (Fsp3) is 0.588. The first-order valence-corrected chi connectivity index (χ1v) is 9.92. The first-order valence-electron chi connectivity index (χ1n) is 8.69. The van der Waals surface area contributed by atoms with Gasteiger partial charge in [0.2, 0.25) is 5.16 Å². The molecule has 8 nitrogen and oxygen atoms in total. The molecular weight excluding hydrogens is 354 g/mol. The average molecular weight is 377 g/mol. The van der Waals surface area contributed by atoms with Crippen LogP contribution < -0.4 is 5.32 Å². The van der Waals surface area contributed by atoms with Crippen molar-refractivity contribution in [3.63, 3.8) is 0 Å². The van der Waals surface area contributed by atoms with Crippen molar-refractivity contribution in [2.45, 2.75) is 57.1 Å². The molecule has 1 aliphatic rings. The summed E-state index contributed by atoms with van der Waals surface area (Å²) in [7, 11) is 0. The van der Waals surface area contributed by atoms with Crippen molar-refractivity contribution in [2.75, 3.05) is 12.9 Å². The minimum Gasteiger partial charge on any atom is -0.455 e. The lowest BCUT2D eigenvalue weighted by Crippen LogP contribution is -2.36. The first-order chi connectivity index (χ1) is 12.5. The zero-order valence-corrected chi connectivity index (χ0v) is 16.1. The van der Waals surface area contributed by atoms with E-state index < -0.39 is 5.97 Å². The Balaban J connectivity index is 1.62. The Bertz CT molecular complexity index is 829. The number of aromatic nitrogens is 4. The Morgan fingerprint density at radius 1 is 1.27 bits per heavy atom. The Labute approximate surface area is 156 Å². The number of nitrogens with zero attached hydrogens (tertiary/aromatic N) is 4. The third-order valence-corrected chi connectivity index (χ3v) is 5.16. The summed E-state index contributed by atoms with van der Waals surface area (Å²) in [6.07, 6.45) is 6.22. The first kappa shape index (κ1) is 18.6. The number of amides is 1. The van der Waals surface area contributed by atoms with Gasteiger partial charge in [-0.05, 0) is 32.9 Å². The molecular formula is C17H23N5O3S. The molecule has 1 fully saturated rings. The SMILES string of the molecule is CSc1nc2nc(C)c(CC(=O)OCC(=O)NC3CCCC3)c(C)n2n1. The van der Waals surface area contributed by atoms with Gasteiger partial charge in [0.25, 0.3) is 11.7 Å². The molecule has 0 radical (unpaired) electrons. The number of hydrogen-bond donors (Lipinski definition) is 1. The summed E-state index contributed by atoms with van der Waals surface area (Å²) in [6.45, 7) is 3.45. The number of nitrogens with one attached hydrogen (secondary N) is 1. The second kappa shape index (κ2) is 8.03. The second-order valence-corrected chi connectivity index (χ2v) is 7.23. The monoisotopic (exact) mass is 377 g/mol. The predicted molar refractivity (Wildman–Crippen MR) is 97.1 cm³/mol. The molecule has 1 amide bonds. The molecule has 0 unspecified atom stereocenters. The molecule has 0 aliphatic heterocycles. The fourth-order valence-corrected chi connectivity index (χ4v) is 3.55. The van der Waals surface area contributed by atoms with Gasteiger partial charge in [0.1, 0.15) is 0 Å². The van der Waals surface area contributed by atoms with Crippen LogP contribution in [0.5, 0.6) is 0 Å². The summed E-state index contributed by atoms with van der Waals surface area (Å²) >= 11 is 1.43. The molecule has 140 valence electrons. The van der Waals surface area contributed by atoms with Crippen LogP contribution in [0.3, 0.4) is 0 Å². The number of fused-ring (bicyclic) bond motifs is 1. The molecule has 0 aromatic carbocycles. The van der Waals surface area contributed by atoms with Crippen LogP contribution in [0, 0.1) is 13.8 Å². The van der Waals surface area contributed by atoms with Crippen LogP contribution in [-0.4, -0.2) is 50.4 Å². The van der Waals surface area contributed by atoms with Crippen molar-refractivity contribution in [1.82, 2.24) is 24.9 Å². The van der Waals surface area contributed by atoms with E-state index >= 15 is 0 Å². The second-order valence-electron chi connectivity index (χ2n) is 6.46. The van der Waals surface area contributed by atoms with E-state index in [0.29, 0.717) is 16.6 Å². The van der Waals surface area contributed by atoms with Crippen molar-refractivity contribution >= 4 is 29.4 Å². The van der Waals surface area contributed by atoms with Crippen LogP contribution in [-0.2, 0) is 20.7 Å². The van der Waals surface area contributed by atoms with E-state index in [1.165, 1.54) is 11.8 Å². The number of carbonyl (C=O) groups is 2. The summed E-state index contributed by atoms with van der Waals surface area (Å²) < 4.78 is 6.77.